The fourth-order valence-electron chi connectivity index (χ4n) is 4.23. The van der Waals surface area contributed by atoms with Gasteiger partial charge in [0.25, 0.3) is 0 Å². The van der Waals surface area contributed by atoms with Crippen LogP contribution in [0.15, 0.2) is 54.6 Å². The first kappa shape index (κ1) is 18.5. The maximum absolute atomic E-state index is 12.9. The molecule has 1 amide bonds. The lowest BCUT2D eigenvalue weighted by Gasteiger charge is -2.24. The Labute approximate surface area is 166 Å². The zero-order valence-corrected chi connectivity index (χ0v) is 16.6. The topological polar surface area (TPSA) is 46.9 Å². The van der Waals surface area contributed by atoms with Crippen LogP contribution in [-0.2, 0) is 24.3 Å². The van der Waals surface area contributed by atoms with E-state index in [-0.39, 0.29) is 11.8 Å². The number of carbonyl (C=O) groups is 1. The summed E-state index contributed by atoms with van der Waals surface area (Å²) in [5.41, 5.74) is 6.95. The number of aryl methyl sites for hydroxylation is 2. The lowest BCUT2D eigenvalue weighted by atomic mass is 9.82. The van der Waals surface area contributed by atoms with Crippen molar-refractivity contribution in [2.75, 3.05) is 0 Å². The molecule has 0 spiro atoms. The summed E-state index contributed by atoms with van der Waals surface area (Å²) in [6.07, 6.45) is 3.07. The molecule has 2 aromatic carbocycles. The fourth-order valence-corrected chi connectivity index (χ4v) is 4.23. The van der Waals surface area contributed by atoms with Crippen LogP contribution in [0.2, 0.25) is 0 Å². The molecule has 0 fully saturated rings. The zero-order chi connectivity index (χ0) is 19.5. The van der Waals surface area contributed by atoms with E-state index in [0.29, 0.717) is 6.54 Å². The van der Waals surface area contributed by atoms with E-state index in [2.05, 4.69) is 42.6 Å². The number of amides is 1. The SMILES string of the molecule is Cc1nn(Cc2ccccc2)c(C)c1CNC(=O)C1CCCc2ccccc21. The Kier molecular flexibility index (Phi) is 5.29. The molecule has 0 aliphatic heterocycles. The van der Waals surface area contributed by atoms with Gasteiger partial charge in [-0.3, -0.25) is 9.48 Å². The van der Waals surface area contributed by atoms with Crippen molar-refractivity contribution in [3.8, 4) is 0 Å². The third-order valence-corrected chi connectivity index (χ3v) is 5.83. The van der Waals surface area contributed by atoms with Gasteiger partial charge in [-0.25, -0.2) is 0 Å². The summed E-state index contributed by atoms with van der Waals surface area (Å²) in [6.45, 7) is 5.38. The Morgan fingerprint density at radius 3 is 2.68 bits per heavy atom. The molecule has 1 aliphatic rings. The molecule has 144 valence electrons. The van der Waals surface area contributed by atoms with Crippen LogP contribution in [0, 0.1) is 13.8 Å². The highest BCUT2D eigenvalue weighted by atomic mass is 16.1. The summed E-state index contributed by atoms with van der Waals surface area (Å²) in [7, 11) is 0. The van der Waals surface area contributed by atoms with E-state index in [1.54, 1.807) is 0 Å². The van der Waals surface area contributed by atoms with Crippen molar-refractivity contribution in [2.24, 2.45) is 0 Å². The molecule has 1 heterocycles. The van der Waals surface area contributed by atoms with Crippen LogP contribution in [0.5, 0.6) is 0 Å². The summed E-state index contributed by atoms with van der Waals surface area (Å²) in [5.74, 6) is 0.0895. The van der Waals surface area contributed by atoms with Gasteiger partial charge in [-0.2, -0.15) is 5.10 Å². The Balaban J connectivity index is 1.46. The first-order chi connectivity index (χ1) is 13.6. The van der Waals surface area contributed by atoms with Gasteiger partial charge < -0.3 is 5.32 Å². The second kappa shape index (κ2) is 8.01. The molecule has 1 aromatic heterocycles. The molecule has 4 nitrogen and oxygen atoms in total. The number of nitrogens with zero attached hydrogens (tertiary/aromatic N) is 2. The quantitative estimate of drug-likeness (QED) is 0.725. The van der Waals surface area contributed by atoms with Gasteiger partial charge in [0.15, 0.2) is 0 Å². The summed E-state index contributed by atoms with van der Waals surface area (Å²) in [4.78, 5) is 12.9. The summed E-state index contributed by atoms with van der Waals surface area (Å²) in [6, 6.07) is 18.7. The van der Waals surface area contributed by atoms with E-state index >= 15 is 0 Å². The van der Waals surface area contributed by atoms with Gasteiger partial charge in [0, 0.05) is 17.8 Å². The van der Waals surface area contributed by atoms with Gasteiger partial charge in [0.1, 0.15) is 0 Å². The van der Waals surface area contributed by atoms with E-state index in [1.807, 2.05) is 35.9 Å². The highest BCUT2D eigenvalue weighted by Gasteiger charge is 2.26. The lowest BCUT2D eigenvalue weighted by Crippen LogP contribution is -2.31. The second-order valence-corrected chi connectivity index (χ2v) is 7.65. The molecular formula is C24H27N3O. The number of hydrogen-bond donors (Lipinski definition) is 1. The number of fused-ring (bicyclic) bond motifs is 1. The summed E-state index contributed by atoms with van der Waals surface area (Å²) < 4.78 is 2.03. The standard InChI is InChI=1S/C24H27N3O/c1-17-23(18(2)27(26-17)16-19-9-4-3-5-10-19)15-25-24(28)22-14-8-12-20-11-6-7-13-21(20)22/h3-7,9-11,13,22H,8,12,14-16H2,1-2H3,(H,25,28). The molecule has 0 bridgehead atoms. The van der Waals surface area contributed by atoms with Gasteiger partial charge >= 0.3 is 0 Å². The van der Waals surface area contributed by atoms with E-state index in [4.69, 9.17) is 5.10 Å². The molecule has 0 radical (unpaired) electrons. The normalized spacial score (nSPS) is 15.9. The predicted molar refractivity (Wildman–Crippen MR) is 111 cm³/mol. The summed E-state index contributed by atoms with van der Waals surface area (Å²) in [5, 5.41) is 7.87. The molecule has 1 N–H and O–H groups in total. The number of nitrogens with one attached hydrogen (secondary N) is 1. The van der Waals surface area contributed by atoms with Crippen molar-refractivity contribution in [3.63, 3.8) is 0 Å². The fraction of sp³-hybridized carbons (Fsp3) is 0.333. The molecule has 1 unspecified atom stereocenters. The van der Waals surface area contributed by atoms with Crippen LogP contribution in [0.25, 0.3) is 0 Å². The molecule has 4 rings (SSSR count). The Hall–Kier alpha value is -2.88. The van der Waals surface area contributed by atoms with E-state index < -0.39 is 0 Å². The van der Waals surface area contributed by atoms with Crippen molar-refractivity contribution in [2.45, 2.75) is 52.1 Å². The molecule has 0 saturated carbocycles. The minimum absolute atomic E-state index is 0.0371. The van der Waals surface area contributed by atoms with Crippen LogP contribution < -0.4 is 5.32 Å². The highest BCUT2D eigenvalue weighted by molar-refractivity contribution is 5.84. The average molecular weight is 374 g/mol. The first-order valence-corrected chi connectivity index (χ1v) is 10.1. The van der Waals surface area contributed by atoms with Crippen molar-refractivity contribution in [1.29, 1.82) is 0 Å². The van der Waals surface area contributed by atoms with Gasteiger partial charge in [0.2, 0.25) is 5.91 Å². The van der Waals surface area contributed by atoms with E-state index in [9.17, 15) is 4.79 Å². The summed E-state index contributed by atoms with van der Waals surface area (Å²) >= 11 is 0. The number of hydrogen-bond acceptors (Lipinski definition) is 2. The maximum Gasteiger partial charge on any atom is 0.227 e. The van der Waals surface area contributed by atoms with E-state index in [0.717, 1.165) is 42.8 Å². The lowest BCUT2D eigenvalue weighted by molar-refractivity contribution is -0.123. The monoisotopic (exact) mass is 373 g/mol. The largest absolute Gasteiger partial charge is 0.351 e. The molecular weight excluding hydrogens is 346 g/mol. The smallest absolute Gasteiger partial charge is 0.227 e. The van der Waals surface area contributed by atoms with Gasteiger partial charge in [-0.15, -0.1) is 0 Å². The molecule has 1 aliphatic carbocycles. The van der Waals surface area contributed by atoms with Gasteiger partial charge in [0.05, 0.1) is 18.2 Å². The first-order valence-electron chi connectivity index (χ1n) is 10.1. The Bertz CT molecular complexity index is 975. The number of benzene rings is 2. The third-order valence-electron chi connectivity index (χ3n) is 5.83. The van der Waals surface area contributed by atoms with Crippen LogP contribution in [-0.4, -0.2) is 15.7 Å². The second-order valence-electron chi connectivity index (χ2n) is 7.65. The minimum Gasteiger partial charge on any atom is -0.351 e. The van der Waals surface area contributed by atoms with E-state index in [1.165, 1.54) is 16.7 Å². The van der Waals surface area contributed by atoms with Crippen molar-refractivity contribution < 1.29 is 4.79 Å². The molecule has 0 saturated heterocycles. The molecule has 28 heavy (non-hydrogen) atoms. The predicted octanol–water partition coefficient (Wildman–Crippen LogP) is 4.28. The highest BCUT2D eigenvalue weighted by Crippen LogP contribution is 2.31. The number of rotatable bonds is 5. The maximum atomic E-state index is 12.9. The molecule has 3 aromatic rings. The third kappa shape index (κ3) is 3.72. The van der Waals surface area contributed by atoms with Crippen LogP contribution in [0.1, 0.15) is 52.4 Å². The van der Waals surface area contributed by atoms with Gasteiger partial charge in [-0.05, 0) is 49.8 Å². The number of carbonyl (C=O) groups excluding carboxylic acids is 1. The van der Waals surface area contributed by atoms with Crippen LogP contribution >= 0.6 is 0 Å². The van der Waals surface area contributed by atoms with Crippen LogP contribution in [0.4, 0.5) is 0 Å². The van der Waals surface area contributed by atoms with Crippen molar-refractivity contribution in [1.82, 2.24) is 15.1 Å². The molecule has 1 atom stereocenters. The van der Waals surface area contributed by atoms with Crippen molar-refractivity contribution in [3.05, 3.63) is 88.2 Å². The molecule has 4 heteroatoms. The minimum atomic E-state index is -0.0371. The Morgan fingerprint density at radius 2 is 1.86 bits per heavy atom. The average Bonchev–Trinajstić information content (AvgIpc) is 2.99. The zero-order valence-electron chi connectivity index (χ0n) is 16.6. The van der Waals surface area contributed by atoms with Crippen molar-refractivity contribution >= 4 is 5.91 Å². The number of aromatic nitrogens is 2. The van der Waals surface area contributed by atoms with Gasteiger partial charge in [-0.1, -0.05) is 54.6 Å². The van der Waals surface area contributed by atoms with Crippen LogP contribution in [0.3, 0.4) is 0 Å². The Morgan fingerprint density at radius 1 is 1.11 bits per heavy atom.